The second kappa shape index (κ2) is 2.42. The first-order valence-electron chi connectivity index (χ1n) is 1.87. The molecule has 1 rings (SSSR count). The van der Waals surface area contributed by atoms with E-state index in [1.54, 1.807) is 0 Å². The Morgan fingerprint density at radius 2 is 2.33 bits per heavy atom. The predicted molar refractivity (Wildman–Crippen MR) is 29.3 cm³/mol. The number of hydrogen-bond acceptors (Lipinski definition) is 2. The molecule has 0 amide bonds. The summed E-state index contributed by atoms with van der Waals surface area (Å²) in [5.74, 6) is 2.47. The molecule has 1 aliphatic rings. The van der Waals surface area contributed by atoms with E-state index in [0.717, 1.165) is 22.9 Å². The summed E-state index contributed by atoms with van der Waals surface area (Å²) in [6.45, 7) is 0. The maximum atomic E-state index is 5.10. The zero-order valence-electron chi connectivity index (χ0n) is 3.39. The van der Waals surface area contributed by atoms with Crippen LogP contribution in [0.1, 0.15) is 0 Å². The molecule has 6 heavy (non-hydrogen) atoms. The van der Waals surface area contributed by atoms with E-state index in [9.17, 15) is 0 Å². The van der Waals surface area contributed by atoms with Gasteiger partial charge in [0.05, 0.1) is 0 Å². The first kappa shape index (κ1) is 5.25. The summed E-state index contributed by atoms with van der Waals surface area (Å²) < 4.78 is 5.10. The summed E-state index contributed by atoms with van der Waals surface area (Å²) >= 11 is 2.94. The average Bonchev–Trinajstić information content (AvgIpc) is 1.31. The van der Waals surface area contributed by atoms with Gasteiger partial charge in [0.1, 0.15) is 0 Å². The summed E-state index contributed by atoms with van der Waals surface area (Å²) in [7, 11) is 0. The van der Waals surface area contributed by atoms with E-state index in [1.165, 1.54) is 11.5 Å². The quantitative estimate of drug-likeness (QED) is 0.559. The molecule has 0 bridgehead atoms. The zero-order chi connectivity index (χ0) is 4.41. The van der Waals surface area contributed by atoms with Crippen molar-refractivity contribution in [1.82, 2.24) is 0 Å². The molecule has 0 aromatic carbocycles. The molecule has 1 saturated heterocycles. The summed E-state index contributed by atoms with van der Waals surface area (Å²) in [6.07, 6.45) is 0.636. The average molecular weight is 209 g/mol. The van der Waals surface area contributed by atoms with Crippen molar-refractivity contribution >= 4 is 34.7 Å². The van der Waals surface area contributed by atoms with E-state index in [0.29, 0.717) is 6.10 Å². The summed E-state index contributed by atoms with van der Waals surface area (Å²) in [5.41, 5.74) is 0. The zero-order valence-corrected chi connectivity index (χ0v) is 7.50. The molecule has 3 heteroatoms. The van der Waals surface area contributed by atoms with Crippen LogP contribution in [0.5, 0.6) is 0 Å². The van der Waals surface area contributed by atoms with Crippen LogP contribution in [0.4, 0.5) is 0 Å². The van der Waals surface area contributed by atoms with Gasteiger partial charge < -0.3 is 0 Å². The van der Waals surface area contributed by atoms with Gasteiger partial charge in [0.15, 0.2) is 0 Å². The van der Waals surface area contributed by atoms with Crippen LogP contribution < -0.4 is 0 Å². The predicted octanol–water partition coefficient (Wildman–Crippen LogP) is -0.0658. The Labute approximate surface area is 55.5 Å². The molecule has 0 spiro atoms. The molecule has 1 heterocycles. The molecule has 34 valence electrons. The number of rotatable bonds is 1. The summed E-state index contributed by atoms with van der Waals surface area (Å²) in [5, 5.41) is 0. The molecule has 0 N–H and O–H groups in total. The van der Waals surface area contributed by atoms with E-state index in [4.69, 9.17) is 3.07 Å². The van der Waals surface area contributed by atoms with Crippen molar-refractivity contribution in [3.63, 3.8) is 0 Å². The van der Waals surface area contributed by atoms with Gasteiger partial charge in [-0.3, -0.25) is 0 Å². The van der Waals surface area contributed by atoms with Crippen molar-refractivity contribution in [2.45, 2.75) is 6.10 Å². The molecule has 0 aliphatic carbocycles. The van der Waals surface area contributed by atoms with Gasteiger partial charge in [-0.1, -0.05) is 0 Å². The molecule has 1 nitrogen and oxygen atoms in total. The molecule has 1 fully saturated rings. The van der Waals surface area contributed by atoms with Crippen LogP contribution in [0.15, 0.2) is 0 Å². The van der Waals surface area contributed by atoms with E-state index >= 15 is 0 Å². The SMILES string of the molecule is [SnH][O]C1CSC1. The van der Waals surface area contributed by atoms with E-state index in [1.807, 2.05) is 11.8 Å². The molecular weight excluding hydrogens is 203 g/mol. The topological polar surface area (TPSA) is 9.23 Å². The van der Waals surface area contributed by atoms with Gasteiger partial charge in [-0.25, -0.2) is 0 Å². The second-order valence-electron chi connectivity index (χ2n) is 1.30. The molecule has 0 atom stereocenters. The van der Waals surface area contributed by atoms with Gasteiger partial charge in [0.25, 0.3) is 0 Å². The van der Waals surface area contributed by atoms with E-state index < -0.39 is 0 Å². The molecule has 0 saturated carbocycles. The summed E-state index contributed by atoms with van der Waals surface area (Å²) in [4.78, 5) is 0. The Hall–Kier alpha value is 1.11. The first-order chi connectivity index (χ1) is 2.93. The third kappa shape index (κ3) is 1.04. The van der Waals surface area contributed by atoms with Crippen LogP contribution in [0.25, 0.3) is 0 Å². The third-order valence-electron chi connectivity index (χ3n) is 0.800. The van der Waals surface area contributed by atoms with Crippen LogP contribution in [-0.2, 0) is 3.07 Å². The van der Waals surface area contributed by atoms with E-state index in [-0.39, 0.29) is 0 Å². The summed E-state index contributed by atoms with van der Waals surface area (Å²) in [6, 6.07) is 0. The normalized spacial score (nSPS) is 23.5. The standard InChI is InChI=1S/C3H5OS.Sn.H/c4-3-1-5-2-3;;/h3H,1-2H2;;/q-1;+1;. The number of thioether (sulfide) groups is 1. The number of hydrogen-bond donors (Lipinski definition) is 0. The molecule has 0 aromatic rings. The fraction of sp³-hybridized carbons (Fsp3) is 1.00. The van der Waals surface area contributed by atoms with Crippen molar-refractivity contribution in [1.29, 1.82) is 0 Å². The van der Waals surface area contributed by atoms with Gasteiger partial charge in [0.2, 0.25) is 0 Å². The van der Waals surface area contributed by atoms with Gasteiger partial charge >= 0.3 is 55.4 Å². The minimum atomic E-state index is 0.636. The first-order valence-corrected chi connectivity index (χ1v) is 4.37. The van der Waals surface area contributed by atoms with Gasteiger partial charge in [-0.15, -0.1) is 0 Å². The Kier molecular flexibility index (Phi) is 2.12. The van der Waals surface area contributed by atoms with E-state index in [2.05, 4.69) is 0 Å². The maximum absolute atomic E-state index is 5.10. The van der Waals surface area contributed by atoms with Crippen LogP contribution in [-0.4, -0.2) is 40.5 Å². The van der Waals surface area contributed by atoms with Crippen LogP contribution >= 0.6 is 11.8 Å². The fourth-order valence-electron chi connectivity index (χ4n) is 0.293. The van der Waals surface area contributed by atoms with Crippen LogP contribution in [0.3, 0.4) is 0 Å². The minimum absolute atomic E-state index is 0.636. The molecular formula is C3H6OSSn. The van der Waals surface area contributed by atoms with Crippen molar-refractivity contribution in [3.05, 3.63) is 0 Å². The molecule has 0 unspecified atom stereocenters. The molecule has 1 aliphatic heterocycles. The molecule has 0 aromatic heterocycles. The molecule has 2 radical (unpaired) electrons. The van der Waals surface area contributed by atoms with Crippen LogP contribution in [0, 0.1) is 0 Å². The van der Waals surface area contributed by atoms with Crippen molar-refractivity contribution in [3.8, 4) is 0 Å². The Morgan fingerprint density at radius 1 is 1.67 bits per heavy atom. The third-order valence-corrected chi connectivity index (χ3v) is 3.11. The van der Waals surface area contributed by atoms with Gasteiger partial charge in [0, 0.05) is 0 Å². The van der Waals surface area contributed by atoms with Crippen LogP contribution in [0.2, 0.25) is 0 Å². The van der Waals surface area contributed by atoms with Gasteiger partial charge in [-0.2, -0.15) is 0 Å². The fourth-order valence-corrected chi connectivity index (χ4v) is 2.22. The Balaban J connectivity index is 2.01. The van der Waals surface area contributed by atoms with Crippen molar-refractivity contribution in [2.24, 2.45) is 0 Å². The Bertz CT molecular complexity index is 43.3. The van der Waals surface area contributed by atoms with Gasteiger partial charge in [-0.05, 0) is 0 Å². The second-order valence-corrected chi connectivity index (χ2v) is 3.15. The Morgan fingerprint density at radius 3 is 2.33 bits per heavy atom. The van der Waals surface area contributed by atoms with Crippen molar-refractivity contribution in [2.75, 3.05) is 11.5 Å². The monoisotopic (exact) mass is 210 g/mol. The van der Waals surface area contributed by atoms with Crippen molar-refractivity contribution < 1.29 is 3.07 Å².